The molecule has 0 aliphatic rings. The first-order chi connectivity index (χ1) is 16.2. The molecule has 10 heteroatoms. The summed E-state index contributed by atoms with van der Waals surface area (Å²) in [5, 5.41) is 4.47. The van der Waals surface area contributed by atoms with Gasteiger partial charge in [-0.1, -0.05) is 59.1 Å². The SMILES string of the molecule is Cc1cc(Cl)ccc1N(CC(=O)NCCSCc1ccc(Cl)cc1Cl)S(=O)(=O)c1ccccc1. The molecule has 3 rings (SSSR count). The van der Waals surface area contributed by atoms with Crippen LogP contribution in [0.5, 0.6) is 0 Å². The van der Waals surface area contributed by atoms with Crippen molar-refractivity contribution in [3.63, 3.8) is 0 Å². The highest BCUT2D eigenvalue weighted by Crippen LogP contribution is 2.29. The molecule has 180 valence electrons. The predicted molar refractivity (Wildman–Crippen MR) is 143 cm³/mol. The van der Waals surface area contributed by atoms with Crippen LogP contribution in [0.15, 0.2) is 71.6 Å². The van der Waals surface area contributed by atoms with Crippen LogP contribution in [0.4, 0.5) is 5.69 Å². The lowest BCUT2D eigenvalue weighted by Crippen LogP contribution is -2.41. The Balaban J connectivity index is 1.66. The van der Waals surface area contributed by atoms with Crippen LogP contribution in [-0.4, -0.2) is 33.2 Å². The van der Waals surface area contributed by atoms with Crippen molar-refractivity contribution < 1.29 is 13.2 Å². The Morgan fingerprint density at radius 1 is 0.971 bits per heavy atom. The Bertz CT molecular complexity index is 1260. The zero-order chi connectivity index (χ0) is 24.7. The summed E-state index contributed by atoms with van der Waals surface area (Å²) in [4.78, 5) is 12.8. The Labute approximate surface area is 219 Å². The molecule has 0 spiro atoms. The van der Waals surface area contributed by atoms with Crippen LogP contribution >= 0.6 is 46.6 Å². The van der Waals surface area contributed by atoms with Crippen molar-refractivity contribution in [1.82, 2.24) is 5.32 Å². The molecule has 0 heterocycles. The number of amides is 1. The van der Waals surface area contributed by atoms with Crippen molar-refractivity contribution in [3.8, 4) is 0 Å². The highest BCUT2D eigenvalue weighted by molar-refractivity contribution is 7.98. The van der Waals surface area contributed by atoms with Gasteiger partial charge in [0.2, 0.25) is 5.91 Å². The number of thioether (sulfide) groups is 1. The molecule has 1 amide bonds. The standard InChI is InChI=1S/C24H23Cl3N2O3S2/c1-17-13-19(25)9-10-23(17)29(34(31,32)21-5-3-2-4-6-21)15-24(30)28-11-12-33-16-18-7-8-20(26)14-22(18)27/h2-10,13-14H,11-12,15-16H2,1H3,(H,28,30). The van der Waals surface area contributed by atoms with Gasteiger partial charge in [-0.2, -0.15) is 11.8 Å². The van der Waals surface area contributed by atoms with E-state index in [2.05, 4.69) is 5.32 Å². The fraction of sp³-hybridized carbons (Fsp3) is 0.208. The molecule has 0 unspecified atom stereocenters. The Morgan fingerprint density at radius 3 is 2.32 bits per heavy atom. The van der Waals surface area contributed by atoms with E-state index < -0.39 is 15.9 Å². The summed E-state index contributed by atoms with van der Waals surface area (Å²) in [6, 6.07) is 18.3. The summed E-state index contributed by atoms with van der Waals surface area (Å²) in [6.07, 6.45) is 0. The largest absolute Gasteiger partial charge is 0.354 e. The van der Waals surface area contributed by atoms with Crippen LogP contribution in [0.2, 0.25) is 15.1 Å². The number of nitrogens with zero attached hydrogens (tertiary/aromatic N) is 1. The number of sulfonamides is 1. The van der Waals surface area contributed by atoms with Gasteiger partial charge < -0.3 is 5.32 Å². The van der Waals surface area contributed by atoms with E-state index in [-0.39, 0.29) is 11.4 Å². The number of carbonyl (C=O) groups is 1. The smallest absolute Gasteiger partial charge is 0.264 e. The normalized spacial score (nSPS) is 11.3. The lowest BCUT2D eigenvalue weighted by atomic mass is 10.2. The average molecular weight is 558 g/mol. The molecule has 0 radical (unpaired) electrons. The molecule has 0 fully saturated rings. The van der Waals surface area contributed by atoms with Gasteiger partial charge >= 0.3 is 0 Å². The number of anilines is 1. The summed E-state index contributed by atoms with van der Waals surface area (Å²) >= 11 is 19.8. The lowest BCUT2D eigenvalue weighted by molar-refractivity contribution is -0.119. The molecule has 5 nitrogen and oxygen atoms in total. The lowest BCUT2D eigenvalue weighted by Gasteiger charge is -2.25. The fourth-order valence-corrected chi connectivity index (χ4v) is 6.34. The van der Waals surface area contributed by atoms with Gasteiger partial charge in [0.05, 0.1) is 10.6 Å². The zero-order valence-electron chi connectivity index (χ0n) is 18.3. The van der Waals surface area contributed by atoms with E-state index >= 15 is 0 Å². The molecular formula is C24H23Cl3N2O3S2. The fourth-order valence-electron chi connectivity index (χ4n) is 3.19. The Kier molecular flexibility index (Phi) is 9.56. The number of benzene rings is 3. The predicted octanol–water partition coefficient (Wildman–Crippen LogP) is 6.20. The van der Waals surface area contributed by atoms with E-state index in [1.54, 1.807) is 67.2 Å². The van der Waals surface area contributed by atoms with Crippen LogP contribution in [0.3, 0.4) is 0 Å². The van der Waals surface area contributed by atoms with Crippen molar-refractivity contribution in [2.45, 2.75) is 17.6 Å². The average Bonchev–Trinajstić information content (AvgIpc) is 2.79. The van der Waals surface area contributed by atoms with Gasteiger partial charge in [0.25, 0.3) is 10.0 Å². The number of aryl methyl sites for hydroxylation is 1. The van der Waals surface area contributed by atoms with Gasteiger partial charge in [-0.05, 0) is 60.5 Å². The van der Waals surface area contributed by atoms with E-state index in [4.69, 9.17) is 34.8 Å². The number of rotatable bonds is 10. The van der Waals surface area contributed by atoms with Crippen molar-refractivity contribution in [1.29, 1.82) is 0 Å². The van der Waals surface area contributed by atoms with Gasteiger partial charge in [0.15, 0.2) is 0 Å². The van der Waals surface area contributed by atoms with E-state index in [9.17, 15) is 13.2 Å². The number of nitrogens with one attached hydrogen (secondary N) is 1. The molecule has 0 aromatic heterocycles. The number of hydrogen-bond acceptors (Lipinski definition) is 4. The molecule has 34 heavy (non-hydrogen) atoms. The van der Waals surface area contributed by atoms with Crippen molar-refractivity contribution >= 4 is 68.2 Å². The molecule has 0 aliphatic heterocycles. The van der Waals surface area contributed by atoms with E-state index in [0.717, 1.165) is 9.87 Å². The molecule has 0 atom stereocenters. The molecule has 0 saturated carbocycles. The van der Waals surface area contributed by atoms with Gasteiger partial charge in [-0.15, -0.1) is 0 Å². The molecule has 3 aromatic rings. The molecule has 3 aromatic carbocycles. The van der Waals surface area contributed by atoms with E-state index in [0.29, 0.717) is 44.4 Å². The van der Waals surface area contributed by atoms with Crippen LogP contribution in [0.1, 0.15) is 11.1 Å². The second-order valence-corrected chi connectivity index (χ2v) is 11.6. The van der Waals surface area contributed by atoms with Gasteiger partial charge in [-0.3, -0.25) is 9.10 Å². The van der Waals surface area contributed by atoms with Crippen LogP contribution in [0, 0.1) is 6.92 Å². The molecule has 0 aliphatic carbocycles. The first kappa shape index (κ1) is 26.7. The van der Waals surface area contributed by atoms with Crippen molar-refractivity contribution in [2.24, 2.45) is 0 Å². The molecule has 0 saturated heterocycles. The minimum absolute atomic E-state index is 0.104. The van der Waals surface area contributed by atoms with Gasteiger partial charge in [0.1, 0.15) is 6.54 Å². The zero-order valence-corrected chi connectivity index (χ0v) is 22.2. The minimum atomic E-state index is -3.97. The van der Waals surface area contributed by atoms with E-state index in [1.165, 1.54) is 12.1 Å². The molecule has 1 N–H and O–H groups in total. The highest BCUT2D eigenvalue weighted by Gasteiger charge is 2.28. The summed E-state index contributed by atoms with van der Waals surface area (Å²) < 4.78 is 27.9. The first-order valence-corrected chi connectivity index (χ1v) is 14.0. The maximum atomic E-state index is 13.4. The third-order valence-corrected chi connectivity index (χ3v) is 8.49. The third kappa shape index (κ3) is 7.06. The topological polar surface area (TPSA) is 66.5 Å². The maximum Gasteiger partial charge on any atom is 0.264 e. The molecular weight excluding hydrogens is 535 g/mol. The van der Waals surface area contributed by atoms with Gasteiger partial charge in [-0.25, -0.2) is 8.42 Å². The second kappa shape index (κ2) is 12.2. The van der Waals surface area contributed by atoms with Crippen LogP contribution < -0.4 is 9.62 Å². The van der Waals surface area contributed by atoms with Crippen LogP contribution in [-0.2, 0) is 20.6 Å². The Hall–Kier alpha value is -1.90. The van der Waals surface area contributed by atoms with Crippen molar-refractivity contribution in [2.75, 3.05) is 23.1 Å². The number of carbonyl (C=O) groups excluding carboxylic acids is 1. The first-order valence-electron chi connectivity index (χ1n) is 10.3. The van der Waals surface area contributed by atoms with Gasteiger partial charge in [0, 0.05) is 33.1 Å². The van der Waals surface area contributed by atoms with Crippen molar-refractivity contribution in [3.05, 3.63) is 92.9 Å². The summed E-state index contributed by atoms with van der Waals surface area (Å²) in [6.45, 7) is 1.78. The maximum absolute atomic E-state index is 13.4. The Morgan fingerprint density at radius 2 is 1.65 bits per heavy atom. The third-order valence-electron chi connectivity index (χ3n) is 4.89. The van der Waals surface area contributed by atoms with Crippen LogP contribution in [0.25, 0.3) is 0 Å². The number of halogens is 3. The summed E-state index contributed by atoms with van der Waals surface area (Å²) in [5.41, 5.74) is 2.01. The monoisotopic (exact) mass is 556 g/mol. The molecule has 0 bridgehead atoms. The second-order valence-electron chi connectivity index (χ2n) is 7.39. The highest BCUT2D eigenvalue weighted by atomic mass is 35.5. The quantitative estimate of drug-likeness (QED) is 0.301. The van der Waals surface area contributed by atoms with E-state index in [1.807, 2.05) is 6.07 Å². The number of hydrogen-bond donors (Lipinski definition) is 1. The minimum Gasteiger partial charge on any atom is -0.354 e. The summed E-state index contributed by atoms with van der Waals surface area (Å²) in [5.74, 6) is 0.902. The summed E-state index contributed by atoms with van der Waals surface area (Å²) in [7, 11) is -3.97.